The van der Waals surface area contributed by atoms with Gasteiger partial charge in [0.05, 0.1) is 0 Å². The van der Waals surface area contributed by atoms with Gasteiger partial charge in [-0.1, -0.05) is 0 Å². The van der Waals surface area contributed by atoms with Gasteiger partial charge in [0.2, 0.25) is 0 Å². The van der Waals surface area contributed by atoms with Gasteiger partial charge in [0, 0.05) is 12.1 Å². The second-order valence-electron chi connectivity index (χ2n) is 4.06. The van der Waals surface area contributed by atoms with Crippen molar-refractivity contribution in [1.29, 1.82) is 0 Å². The Balaban J connectivity index is 3.58. The first-order valence-corrected chi connectivity index (χ1v) is 5.09. The quantitative estimate of drug-likeness (QED) is 0.622. The first-order valence-electron chi connectivity index (χ1n) is 5.09. The summed E-state index contributed by atoms with van der Waals surface area (Å²) in [5, 5.41) is 6.57. The number of hydrogen-bond acceptors (Lipinski definition) is 3. The first kappa shape index (κ1) is 12.9. The zero-order valence-corrected chi connectivity index (χ0v) is 9.72. The molecule has 0 amide bonds. The molecule has 2 atom stereocenters. The highest BCUT2D eigenvalue weighted by atomic mass is 16.5. The lowest BCUT2D eigenvalue weighted by molar-refractivity contribution is -0.0341. The molecule has 0 aliphatic rings. The minimum atomic E-state index is 0.0984. The van der Waals surface area contributed by atoms with Crippen molar-refractivity contribution in [2.75, 3.05) is 0 Å². The molecular formula is C10H24N2O. The highest BCUT2D eigenvalue weighted by molar-refractivity contribution is 4.58. The molecule has 0 saturated carbocycles. The molecule has 2 N–H and O–H groups in total. The standard InChI is InChI=1S/C10H24N2O/c1-7(2)11-9(5)13-10(6)12-8(3)4/h7-12H,1-6H3. The average Bonchev–Trinajstić information content (AvgIpc) is 1.80. The summed E-state index contributed by atoms with van der Waals surface area (Å²) in [7, 11) is 0. The SMILES string of the molecule is CC(C)NC(C)OC(C)NC(C)C. The van der Waals surface area contributed by atoms with Gasteiger partial charge < -0.3 is 4.74 Å². The molecule has 0 saturated heterocycles. The van der Waals surface area contributed by atoms with Crippen molar-refractivity contribution in [3.05, 3.63) is 0 Å². The molecule has 0 aliphatic carbocycles. The lowest BCUT2D eigenvalue weighted by Crippen LogP contribution is -2.42. The molecule has 0 heterocycles. The van der Waals surface area contributed by atoms with Gasteiger partial charge in [0.15, 0.2) is 0 Å². The summed E-state index contributed by atoms with van der Waals surface area (Å²) >= 11 is 0. The molecule has 0 spiro atoms. The molecule has 80 valence electrons. The molecule has 0 aromatic carbocycles. The maximum absolute atomic E-state index is 5.65. The molecule has 0 bridgehead atoms. The number of rotatable bonds is 6. The third-order valence-electron chi connectivity index (χ3n) is 1.54. The molecule has 3 heteroatoms. The van der Waals surface area contributed by atoms with Crippen molar-refractivity contribution in [2.24, 2.45) is 0 Å². The van der Waals surface area contributed by atoms with E-state index in [2.05, 4.69) is 38.3 Å². The van der Waals surface area contributed by atoms with Crippen LogP contribution in [-0.2, 0) is 4.74 Å². The topological polar surface area (TPSA) is 33.3 Å². The van der Waals surface area contributed by atoms with Crippen molar-refractivity contribution in [3.63, 3.8) is 0 Å². The third kappa shape index (κ3) is 8.22. The largest absolute Gasteiger partial charge is 0.346 e. The summed E-state index contributed by atoms with van der Waals surface area (Å²) in [6, 6.07) is 0.919. The average molecular weight is 188 g/mol. The van der Waals surface area contributed by atoms with E-state index >= 15 is 0 Å². The summed E-state index contributed by atoms with van der Waals surface area (Å²) in [6.07, 6.45) is 0.197. The van der Waals surface area contributed by atoms with Gasteiger partial charge in [-0.15, -0.1) is 0 Å². The van der Waals surface area contributed by atoms with Crippen LogP contribution in [-0.4, -0.2) is 24.5 Å². The Morgan fingerprint density at radius 2 is 1.00 bits per heavy atom. The maximum Gasteiger partial charge on any atom is 0.107 e. The van der Waals surface area contributed by atoms with Gasteiger partial charge in [-0.2, -0.15) is 0 Å². The maximum atomic E-state index is 5.65. The molecule has 13 heavy (non-hydrogen) atoms. The Hall–Kier alpha value is -0.120. The molecule has 3 nitrogen and oxygen atoms in total. The van der Waals surface area contributed by atoms with E-state index in [0.29, 0.717) is 12.1 Å². The van der Waals surface area contributed by atoms with E-state index in [-0.39, 0.29) is 12.5 Å². The lowest BCUT2D eigenvalue weighted by Gasteiger charge is -2.24. The Bertz CT molecular complexity index is 112. The van der Waals surface area contributed by atoms with Crippen LogP contribution in [0, 0.1) is 0 Å². The summed E-state index contributed by atoms with van der Waals surface area (Å²) in [6.45, 7) is 12.5. The second-order valence-corrected chi connectivity index (χ2v) is 4.06. The van der Waals surface area contributed by atoms with E-state index < -0.39 is 0 Å². The predicted octanol–water partition coefficient (Wildman–Crippen LogP) is 1.69. The fourth-order valence-electron chi connectivity index (χ4n) is 1.32. The van der Waals surface area contributed by atoms with Crippen molar-refractivity contribution in [1.82, 2.24) is 10.6 Å². The zero-order chi connectivity index (χ0) is 10.4. The summed E-state index contributed by atoms with van der Waals surface area (Å²) in [4.78, 5) is 0. The highest BCUT2D eigenvalue weighted by Gasteiger charge is 2.09. The molecule has 0 aromatic rings. The van der Waals surface area contributed by atoms with E-state index in [9.17, 15) is 0 Å². The van der Waals surface area contributed by atoms with Gasteiger partial charge in [0.25, 0.3) is 0 Å². The van der Waals surface area contributed by atoms with E-state index in [4.69, 9.17) is 4.74 Å². The zero-order valence-electron chi connectivity index (χ0n) is 9.72. The van der Waals surface area contributed by atoms with Crippen molar-refractivity contribution in [2.45, 2.75) is 66.1 Å². The second kappa shape index (κ2) is 6.35. The Kier molecular flexibility index (Phi) is 6.29. The van der Waals surface area contributed by atoms with E-state index in [1.165, 1.54) is 0 Å². The van der Waals surface area contributed by atoms with E-state index in [0.717, 1.165) is 0 Å². The Morgan fingerprint density at radius 1 is 0.692 bits per heavy atom. The summed E-state index contributed by atoms with van der Waals surface area (Å²) in [5.41, 5.74) is 0. The fraction of sp³-hybridized carbons (Fsp3) is 1.00. The van der Waals surface area contributed by atoms with Crippen molar-refractivity contribution >= 4 is 0 Å². The fourth-order valence-corrected chi connectivity index (χ4v) is 1.32. The molecular weight excluding hydrogens is 164 g/mol. The van der Waals surface area contributed by atoms with Crippen LogP contribution in [0.2, 0.25) is 0 Å². The molecule has 0 aliphatic heterocycles. The third-order valence-corrected chi connectivity index (χ3v) is 1.54. The highest BCUT2D eigenvalue weighted by Crippen LogP contribution is 1.95. The van der Waals surface area contributed by atoms with Gasteiger partial charge in [-0.05, 0) is 41.5 Å². The van der Waals surface area contributed by atoms with Crippen LogP contribution < -0.4 is 10.6 Å². The lowest BCUT2D eigenvalue weighted by atomic mass is 10.4. The van der Waals surface area contributed by atoms with Gasteiger partial charge in [0.1, 0.15) is 12.5 Å². The first-order chi connectivity index (χ1) is 5.91. The summed E-state index contributed by atoms with van der Waals surface area (Å²) in [5.74, 6) is 0. The van der Waals surface area contributed by atoms with Crippen LogP contribution in [0.15, 0.2) is 0 Å². The van der Waals surface area contributed by atoms with Crippen molar-refractivity contribution in [3.8, 4) is 0 Å². The predicted molar refractivity (Wildman–Crippen MR) is 56.6 cm³/mol. The van der Waals surface area contributed by atoms with Crippen LogP contribution in [0.25, 0.3) is 0 Å². The Morgan fingerprint density at radius 3 is 1.23 bits per heavy atom. The minimum absolute atomic E-state index is 0.0984. The smallest absolute Gasteiger partial charge is 0.107 e. The van der Waals surface area contributed by atoms with E-state index in [1.807, 2.05) is 13.8 Å². The van der Waals surface area contributed by atoms with E-state index in [1.54, 1.807) is 0 Å². The van der Waals surface area contributed by atoms with Gasteiger partial charge >= 0.3 is 0 Å². The van der Waals surface area contributed by atoms with Crippen molar-refractivity contribution < 1.29 is 4.74 Å². The molecule has 0 aromatic heterocycles. The van der Waals surface area contributed by atoms with Crippen LogP contribution in [0.1, 0.15) is 41.5 Å². The monoisotopic (exact) mass is 188 g/mol. The van der Waals surface area contributed by atoms with Crippen LogP contribution in [0.5, 0.6) is 0 Å². The van der Waals surface area contributed by atoms with Gasteiger partial charge in [-0.3, -0.25) is 10.6 Å². The summed E-state index contributed by atoms with van der Waals surface area (Å²) < 4.78 is 5.65. The molecule has 2 unspecified atom stereocenters. The molecule has 0 rings (SSSR count). The molecule has 0 radical (unpaired) electrons. The van der Waals surface area contributed by atoms with Crippen LogP contribution in [0.3, 0.4) is 0 Å². The van der Waals surface area contributed by atoms with Gasteiger partial charge in [-0.25, -0.2) is 0 Å². The number of ether oxygens (including phenoxy) is 1. The Labute approximate surface area is 82.2 Å². The number of hydrogen-bond donors (Lipinski definition) is 2. The van der Waals surface area contributed by atoms with Crippen LogP contribution in [0.4, 0.5) is 0 Å². The molecule has 0 fully saturated rings. The number of nitrogens with one attached hydrogen (secondary N) is 2. The van der Waals surface area contributed by atoms with Crippen LogP contribution >= 0.6 is 0 Å². The minimum Gasteiger partial charge on any atom is -0.346 e. The normalized spacial score (nSPS) is 16.6.